The average Bonchev–Trinajstić information content (AvgIpc) is 3.16. The Hall–Kier alpha value is -4.49. The number of hydrogen-bond acceptors (Lipinski definition) is 5. The number of carbonyl (C=O) groups excluding carboxylic acids is 1. The quantitative estimate of drug-likeness (QED) is 0.584. The van der Waals surface area contributed by atoms with Crippen molar-refractivity contribution in [1.82, 2.24) is 14.8 Å². The second-order valence-electron chi connectivity index (χ2n) is 6.39. The third-order valence-corrected chi connectivity index (χ3v) is 4.50. The molecule has 4 aromatic rings. The molecule has 2 aromatic heterocycles. The number of pyridine rings is 1. The highest BCUT2D eigenvalue weighted by molar-refractivity contribution is 6.04. The molecular formula is C22H14N6O. The van der Waals surface area contributed by atoms with Crippen LogP contribution in [0.5, 0.6) is 0 Å². The van der Waals surface area contributed by atoms with Gasteiger partial charge in [0.2, 0.25) is 0 Å². The first-order valence-corrected chi connectivity index (χ1v) is 8.77. The van der Waals surface area contributed by atoms with Gasteiger partial charge in [-0.3, -0.25) is 4.79 Å². The van der Waals surface area contributed by atoms with Crippen LogP contribution in [0.25, 0.3) is 16.7 Å². The zero-order valence-corrected chi connectivity index (χ0v) is 15.4. The molecule has 0 aliphatic rings. The van der Waals surface area contributed by atoms with E-state index < -0.39 is 5.91 Å². The Morgan fingerprint density at radius 1 is 1.07 bits per heavy atom. The summed E-state index contributed by atoms with van der Waals surface area (Å²) in [6.07, 6.45) is 1.38. The average molecular weight is 378 g/mol. The fraction of sp³-hybridized carbons (Fsp3) is 0.0455. The second kappa shape index (κ2) is 7.26. The van der Waals surface area contributed by atoms with Gasteiger partial charge in [-0.1, -0.05) is 24.3 Å². The Balaban J connectivity index is 1.78. The molecule has 0 saturated heterocycles. The number of rotatable bonds is 3. The van der Waals surface area contributed by atoms with E-state index in [0.717, 1.165) is 16.5 Å². The van der Waals surface area contributed by atoms with Crippen LogP contribution in [0.3, 0.4) is 0 Å². The molecule has 0 bridgehead atoms. The highest BCUT2D eigenvalue weighted by Gasteiger charge is 2.18. The summed E-state index contributed by atoms with van der Waals surface area (Å²) in [5.74, 6) is 0.267. The Labute approximate surface area is 166 Å². The van der Waals surface area contributed by atoms with Crippen molar-refractivity contribution in [2.45, 2.75) is 6.92 Å². The van der Waals surface area contributed by atoms with Crippen molar-refractivity contribution in [2.24, 2.45) is 0 Å². The van der Waals surface area contributed by atoms with Crippen LogP contribution in [-0.4, -0.2) is 20.7 Å². The van der Waals surface area contributed by atoms with Gasteiger partial charge in [-0.2, -0.15) is 20.3 Å². The maximum atomic E-state index is 12.7. The van der Waals surface area contributed by atoms with Gasteiger partial charge < -0.3 is 5.32 Å². The van der Waals surface area contributed by atoms with Gasteiger partial charge in [0, 0.05) is 10.9 Å². The lowest BCUT2D eigenvalue weighted by Crippen LogP contribution is -2.16. The summed E-state index contributed by atoms with van der Waals surface area (Å²) in [5, 5.41) is 26.5. The minimum atomic E-state index is -0.446. The van der Waals surface area contributed by atoms with Crippen LogP contribution in [0.1, 0.15) is 27.0 Å². The summed E-state index contributed by atoms with van der Waals surface area (Å²) in [6, 6.07) is 19.9. The third kappa shape index (κ3) is 3.29. The van der Waals surface area contributed by atoms with E-state index in [-0.39, 0.29) is 11.4 Å². The SMILES string of the molecule is Cc1cc(-n2ncc(C#N)c2NC(=O)c2cccc(C#N)c2)nc2ccccc12. The zero-order chi connectivity index (χ0) is 20.4. The van der Waals surface area contributed by atoms with E-state index in [1.807, 2.05) is 49.4 Å². The Morgan fingerprint density at radius 2 is 1.90 bits per heavy atom. The van der Waals surface area contributed by atoms with Crippen LogP contribution < -0.4 is 5.32 Å². The molecule has 0 aliphatic heterocycles. The van der Waals surface area contributed by atoms with Gasteiger partial charge in [0.05, 0.1) is 23.3 Å². The van der Waals surface area contributed by atoms with E-state index in [1.54, 1.807) is 18.2 Å². The van der Waals surface area contributed by atoms with E-state index in [4.69, 9.17) is 5.26 Å². The molecule has 0 atom stereocenters. The summed E-state index contributed by atoms with van der Waals surface area (Å²) >= 11 is 0. The van der Waals surface area contributed by atoms with Gasteiger partial charge in [-0.05, 0) is 42.8 Å². The van der Waals surface area contributed by atoms with E-state index >= 15 is 0 Å². The fourth-order valence-electron chi connectivity index (χ4n) is 3.07. The number of fused-ring (bicyclic) bond motifs is 1. The minimum Gasteiger partial charge on any atom is -0.305 e. The highest BCUT2D eigenvalue weighted by Crippen LogP contribution is 2.24. The Morgan fingerprint density at radius 3 is 2.69 bits per heavy atom. The fourth-order valence-corrected chi connectivity index (χ4v) is 3.07. The molecule has 0 spiro atoms. The molecule has 138 valence electrons. The number of carbonyl (C=O) groups is 1. The Kier molecular flexibility index (Phi) is 4.48. The molecule has 0 fully saturated rings. The molecule has 0 unspecified atom stereocenters. The normalized spacial score (nSPS) is 10.3. The molecule has 7 heteroatoms. The van der Waals surface area contributed by atoms with Gasteiger partial charge in [0.1, 0.15) is 11.6 Å². The van der Waals surface area contributed by atoms with Crippen LogP contribution >= 0.6 is 0 Å². The van der Waals surface area contributed by atoms with Gasteiger partial charge in [0.25, 0.3) is 5.91 Å². The molecular weight excluding hydrogens is 364 g/mol. The van der Waals surface area contributed by atoms with Gasteiger partial charge in [0.15, 0.2) is 11.6 Å². The largest absolute Gasteiger partial charge is 0.305 e. The maximum Gasteiger partial charge on any atom is 0.256 e. The first-order chi connectivity index (χ1) is 14.1. The van der Waals surface area contributed by atoms with E-state index in [9.17, 15) is 10.1 Å². The van der Waals surface area contributed by atoms with Crippen LogP contribution in [-0.2, 0) is 0 Å². The van der Waals surface area contributed by atoms with Crippen molar-refractivity contribution in [3.63, 3.8) is 0 Å². The Bertz CT molecular complexity index is 1340. The van der Waals surface area contributed by atoms with Crippen LogP contribution in [0.4, 0.5) is 5.82 Å². The number of anilines is 1. The van der Waals surface area contributed by atoms with Crippen molar-refractivity contribution in [3.05, 3.63) is 83.0 Å². The number of hydrogen-bond donors (Lipinski definition) is 1. The number of aromatic nitrogens is 3. The molecule has 0 saturated carbocycles. The number of nitriles is 2. The molecule has 4 rings (SSSR count). The molecule has 2 aromatic carbocycles. The lowest BCUT2D eigenvalue weighted by molar-refractivity contribution is 0.102. The highest BCUT2D eigenvalue weighted by atomic mass is 16.1. The number of nitrogens with one attached hydrogen (secondary N) is 1. The third-order valence-electron chi connectivity index (χ3n) is 4.50. The summed E-state index contributed by atoms with van der Waals surface area (Å²) in [4.78, 5) is 17.3. The molecule has 2 heterocycles. The topological polar surface area (TPSA) is 107 Å². The summed E-state index contributed by atoms with van der Waals surface area (Å²) in [6.45, 7) is 1.97. The van der Waals surface area contributed by atoms with E-state index in [0.29, 0.717) is 16.9 Å². The van der Waals surface area contributed by atoms with Crippen molar-refractivity contribution >= 4 is 22.6 Å². The standard InChI is InChI=1S/C22H14N6O/c1-14-9-20(26-19-8-3-2-7-18(14)19)28-21(17(12-24)13-25-28)27-22(29)16-6-4-5-15(10-16)11-23/h2-10,13H,1H3,(H,27,29). The number of aryl methyl sites for hydroxylation is 1. The summed E-state index contributed by atoms with van der Waals surface area (Å²) in [7, 11) is 0. The number of nitrogens with zero attached hydrogens (tertiary/aromatic N) is 5. The van der Waals surface area contributed by atoms with Crippen molar-refractivity contribution in [1.29, 1.82) is 10.5 Å². The predicted octanol–water partition coefficient (Wildman–Crippen LogP) is 3.72. The maximum absolute atomic E-state index is 12.7. The van der Waals surface area contributed by atoms with Gasteiger partial charge in [-0.15, -0.1) is 0 Å². The number of benzene rings is 2. The van der Waals surface area contributed by atoms with Gasteiger partial charge in [-0.25, -0.2) is 4.98 Å². The second-order valence-corrected chi connectivity index (χ2v) is 6.39. The van der Waals surface area contributed by atoms with Crippen molar-refractivity contribution in [2.75, 3.05) is 5.32 Å². The molecule has 1 amide bonds. The first-order valence-electron chi connectivity index (χ1n) is 8.77. The zero-order valence-electron chi connectivity index (χ0n) is 15.4. The van der Waals surface area contributed by atoms with Crippen LogP contribution in [0.2, 0.25) is 0 Å². The van der Waals surface area contributed by atoms with E-state index in [1.165, 1.54) is 16.9 Å². The van der Waals surface area contributed by atoms with Gasteiger partial charge >= 0.3 is 0 Å². The van der Waals surface area contributed by atoms with Crippen molar-refractivity contribution in [3.8, 4) is 18.0 Å². The van der Waals surface area contributed by atoms with Crippen LogP contribution in [0.15, 0.2) is 60.8 Å². The molecule has 29 heavy (non-hydrogen) atoms. The first kappa shape index (κ1) is 17.9. The van der Waals surface area contributed by atoms with Crippen LogP contribution in [0, 0.1) is 29.6 Å². The molecule has 1 N–H and O–H groups in total. The monoisotopic (exact) mass is 378 g/mol. The summed E-state index contributed by atoms with van der Waals surface area (Å²) < 4.78 is 1.43. The van der Waals surface area contributed by atoms with Crippen molar-refractivity contribution < 1.29 is 4.79 Å². The number of amides is 1. The molecule has 0 aliphatic carbocycles. The smallest absolute Gasteiger partial charge is 0.256 e. The molecule has 0 radical (unpaired) electrons. The number of para-hydroxylation sites is 1. The molecule has 7 nitrogen and oxygen atoms in total. The lowest BCUT2D eigenvalue weighted by Gasteiger charge is -2.11. The lowest BCUT2D eigenvalue weighted by atomic mass is 10.1. The van der Waals surface area contributed by atoms with E-state index in [2.05, 4.69) is 15.4 Å². The predicted molar refractivity (Wildman–Crippen MR) is 107 cm³/mol. The summed E-state index contributed by atoms with van der Waals surface area (Å²) in [5.41, 5.74) is 2.68. The minimum absolute atomic E-state index is 0.211.